The van der Waals surface area contributed by atoms with Gasteiger partial charge >= 0.3 is 5.97 Å². The molecule has 0 N–H and O–H groups in total. The van der Waals surface area contributed by atoms with Gasteiger partial charge in [-0.25, -0.2) is 0 Å². The molecule has 0 spiro atoms. The molecule has 8 heteroatoms. The lowest BCUT2D eigenvalue weighted by Gasteiger charge is -2.32. The molecule has 148 valence electrons. The molecule has 4 rings (SSSR count). The van der Waals surface area contributed by atoms with Gasteiger partial charge in [-0.2, -0.15) is 13.7 Å². The minimum absolute atomic E-state index is 0.170. The molecule has 7 nitrogen and oxygen atoms in total. The van der Waals surface area contributed by atoms with Gasteiger partial charge in [-0.15, -0.1) is 4.40 Å². The lowest BCUT2D eigenvalue weighted by molar-refractivity contribution is -0.151. The zero-order valence-electron chi connectivity index (χ0n) is 15.6. The van der Waals surface area contributed by atoms with Crippen LogP contribution in [0.4, 0.5) is 0 Å². The molecule has 1 fully saturated rings. The van der Waals surface area contributed by atoms with E-state index in [4.69, 9.17) is 10.00 Å². The van der Waals surface area contributed by atoms with Crippen molar-refractivity contribution in [3.05, 3.63) is 65.2 Å². The van der Waals surface area contributed by atoms with Crippen LogP contribution >= 0.6 is 0 Å². The fraction of sp³-hybridized carbons (Fsp3) is 0.286. The number of rotatable bonds is 3. The number of carbonyl (C=O) groups excluding carboxylic acids is 1. The molecule has 2 heterocycles. The molecule has 0 radical (unpaired) electrons. The normalized spacial score (nSPS) is 17.9. The number of fused-ring (bicyclic) bond motifs is 1. The highest BCUT2D eigenvalue weighted by molar-refractivity contribution is 7.90. The summed E-state index contributed by atoms with van der Waals surface area (Å²) in [4.78, 5) is 14.6. The van der Waals surface area contributed by atoms with Gasteiger partial charge in [0.25, 0.3) is 10.0 Å². The van der Waals surface area contributed by atoms with Gasteiger partial charge in [0.2, 0.25) is 0 Å². The van der Waals surface area contributed by atoms with Gasteiger partial charge in [-0.3, -0.25) is 4.79 Å². The van der Waals surface area contributed by atoms with Crippen molar-refractivity contribution in [2.24, 2.45) is 10.3 Å². The van der Waals surface area contributed by atoms with E-state index in [2.05, 4.69) is 4.40 Å². The number of nitrogens with zero attached hydrogens (tertiary/aromatic N) is 3. The summed E-state index contributed by atoms with van der Waals surface area (Å²) in [6.45, 7) is 1.25. The van der Waals surface area contributed by atoms with Crippen LogP contribution in [0.25, 0.3) is 0 Å². The van der Waals surface area contributed by atoms with Gasteiger partial charge < -0.3 is 9.64 Å². The Kier molecular flexibility index (Phi) is 5.07. The van der Waals surface area contributed by atoms with Crippen LogP contribution in [0.2, 0.25) is 0 Å². The number of ether oxygens (including phenoxy) is 1. The van der Waals surface area contributed by atoms with Gasteiger partial charge in [0.05, 0.1) is 17.6 Å². The Hall–Kier alpha value is -3.18. The molecule has 0 atom stereocenters. The maximum atomic E-state index is 12.4. The Labute approximate surface area is 169 Å². The fourth-order valence-corrected chi connectivity index (χ4v) is 4.82. The second kappa shape index (κ2) is 7.68. The first-order chi connectivity index (χ1) is 14.0. The van der Waals surface area contributed by atoms with Gasteiger partial charge in [-0.05, 0) is 42.7 Å². The first-order valence-corrected chi connectivity index (χ1v) is 10.8. The monoisotopic (exact) mass is 409 g/mol. The van der Waals surface area contributed by atoms with Gasteiger partial charge in [-0.1, -0.05) is 24.3 Å². The van der Waals surface area contributed by atoms with Crippen molar-refractivity contribution in [2.45, 2.75) is 24.3 Å². The molecule has 0 unspecified atom stereocenters. The molecule has 0 amide bonds. The average Bonchev–Trinajstić information content (AvgIpc) is 3.04. The molecule has 0 aliphatic carbocycles. The third-order valence-electron chi connectivity index (χ3n) is 5.20. The Balaban J connectivity index is 1.35. The molecule has 2 aromatic carbocycles. The minimum atomic E-state index is -3.64. The molecule has 2 aliphatic rings. The molecule has 29 heavy (non-hydrogen) atoms. The summed E-state index contributed by atoms with van der Waals surface area (Å²) in [5.74, 6) is -0.0149. The lowest BCUT2D eigenvalue weighted by atomic mass is 9.96. The minimum Gasteiger partial charge on any atom is -0.461 e. The van der Waals surface area contributed by atoms with Crippen LogP contribution in [-0.4, -0.2) is 38.2 Å². The quantitative estimate of drug-likeness (QED) is 0.722. The first kappa shape index (κ1) is 19.2. The Morgan fingerprint density at radius 3 is 2.52 bits per heavy atom. The summed E-state index contributed by atoms with van der Waals surface area (Å²) in [7, 11) is -3.64. The summed E-state index contributed by atoms with van der Waals surface area (Å²) < 4.78 is 33.8. The molecule has 0 bridgehead atoms. The van der Waals surface area contributed by atoms with Crippen LogP contribution in [0.5, 0.6) is 0 Å². The third-order valence-corrected chi connectivity index (χ3v) is 6.53. The van der Waals surface area contributed by atoms with E-state index < -0.39 is 10.0 Å². The van der Waals surface area contributed by atoms with E-state index in [-0.39, 0.29) is 23.4 Å². The molecule has 0 saturated carbocycles. The number of hydrogen-bond donors (Lipinski definition) is 0. The van der Waals surface area contributed by atoms with Crippen molar-refractivity contribution < 1.29 is 17.9 Å². The summed E-state index contributed by atoms with van der Waals surface area (Å²) in [6.07, 6.45) is 1.15. The van der Waals surface area contributed by atoms with Crippen molar-refractivity contribution in [3.8, 4) is 6.07 Å². The number of likely N-dealkylation sites (tertiary alicyclic amines) is 1. The van der Waals surface area contributed by atoms with Crippen molar-refractivity contribution in [1.82, 2.24) is 4.90 Å². The predicted octanol–water partition coefficient (Wildman–Crippen LogP) is 2.46. The van der Waals surface area contributed by atoms with Gasteiger partial charge in [0, 0.05) is 18.7 Å². The summed E-state index contributed by atoms with van der Waals surface area (Å²) >= 11 is 0. The van der Waals surface area contributed by atoms with Crippen molar-refractivity contribution in [1.29, 1.82) is 5.26 Å². The van der Waals surface area contributed by atoms with Crippen LogP contribution in [0, 0.1) is 17.2 Å². The van der Waals surface area contributed by atoms with E-state index in [0.29, 0.717) is 42.9 Å². The maximum absolute atomic E-state index is 12.4. The van der Waals surface area contributed by atoms with Crippen LogP contribution in [0.15, 0.2) is 57.8 Å². The summed E-state index contributed by atoms with van der Waals surface area (Å²) in [5.41, 5.74) is 2.01. The van der Waals surface area contributed by atoms with Crippen LogP contribution in [-0.2, 0) is 26.2 Å². The fourth-order valence-electron chi connectivity index (χ4n) is 3.59. The SMILES string of the molecule is N#Cc1ccc(COC(=O)C2CCN(C3=NS(=O)(=O)c4ccccc43)CC2)cc1. The van der Waals surface area contributed by atoms with Gasteiger partial charge in [0.15, 0.2) is 5.84 Å². The Morgan fingerprint density at radius 2 is 1.83 bits per heavy atom. The Morgan fingerprint density at radius 1 is 1.14 bits per heavy atom. The highest BCUT2D eigenvalue weighted by atomic mass is 32.2. The summed E-state index contributed by atoms with van der Waals surface area (Å²) in [6, 6.07) is 15.8. The van der Waals surface area contributed by atoms with E-state index in [0.717, 1.165) is 5.56 Å². The average molecular weight is 409 g/mol. The second-order valence-electron chi connectivity index (χ2n) is 7.06. The maximum Gasteiger partial charge on any atom is 0.309 e. The molecule has 2 aromatic rings. The number of benzene rings is 2. The topological polar surface area (TPSA) is 99.8 Å². The van der Waals surface area contributed by atoms with Crippen molar-refractivity contribution >= 4 is 21.8 Å². The standard InChI is InChI=1S/C21H19N3O4S/c22-13-15-5-7-16(8-6-15)14-28-21(25)17-9-11-24(12-10-17)20-18-3-1-2-4-19(18)29(26,27)23-20/h1-8,17H,9-12,14H2. The molecule has 1 saturated heterocycles. The smallest absolute Gasteiger partial charge is 0.309 e. The molecular weight excluding hydrogens is 390 g/mol. The Bertz CT molecular complexity index is 1110. The summed E-state index contributed by atoms with van der Waals surface area (Å²) in [5, 5.41) is 8.82. The largest absolute Gasteiger partial charge is 0.461 e. The van der Waals surface area contributed by atoms with Crippen LogP contribution < -0.4 is 0 Å². The highest BCUT2D eigenvalue weighted by Gasteiger charge is 2.34. The predicted molar refractivity (Wildman–Crippen MR) is 105 cm³/mol. The molecule has 0 aromatic heterocycles. The zero-order valence-corrected chi connectivity index (χ0v) is 16.4. The van der Waals surface area contributed by atoms with Crippen LogP contribution in [0.3, 0.4) is 0 Å². The first-order valence-electron chi connectivity index (χ1n) is 9.33. The van der Waals surface area contributed by atoms with Crippen LogP contribution in [0.1, 0.15) is 29.5 Å². The number of nitriles is 1. The second-order valence-corrected chi connectivity index (χ2v) is 8.64. The van der Waals surface area contributed by atoms with E-state index >= 15 is 0 Å². The highest BCUT2D eigenvalue weighted by Crippen LogP contribution is 2.30. The van der Waals surface area contributed by atoms with Gasteiger partial charge in [0.1, 0.15) is 11.5 Å². The number of piperidine rings is 1. The van der Waals surface area contributed by atoms with E-state index in [9.17, 15) is 13.2 Å². The number of esters is 1. The number of sulfonamides is 1. The van der Waals surface area contributed by atoms with E-state index in [1.807, 2.05) is 11.0 Å². The molecular formula is C21H19N3O4S. The third kappa shape index (κ3) is 3.87. The zero-order chi connectivity index (χ0) is 20.4. The number of carbonyl (C=O) groups is 1. The van der Waals surface area contributed by atoms with E-state index in [1.165, 1.54) is 0 Å². The van der Waals surface area contributed by atoms with Crippen molar-refractivity contribution in [2.75, 3.05) is 13.1 Å². The number of amidine groups is 1. The van der Waals surface area contributed by atoms with Crippen molar-refractivity contribution in [3.63, 3.8) is 0 Å². The molecule has 2 aliphatic heterocycles. The van der Waals surface area contributed by atoms with E-state index in [1.54, 1.807) is 48.5 Å². The number of hydrogen-bond acceptors (Lipinski definition) is 6. The lowest BCUT2D eigenvalue weighted by Crippen LogP contribution is -2.40.